The van der Waals surface area contributed by atoms with Gasteiger partial charge in [-0.2, -0.15) is 0 Å². The van der Waals surface area contributed by atoms with E-state index in [4.69, 9.17) is 0 Å². The molecule has 0 spiro atoms. The van der Waals surface area contributed by atoms with Crippen molar-refractivity contribution < 1.29 is 9.90 Å². The summed E-state index contributed by atoms with van der Waals surface area (Å²) in [5.41, 5.74) is 1.37. The number of aromatic nitrogens is 1. The second-order valence-corrected chi connectivity index (χ2v) is 5.57. The number of aromatic hydroxyl groups is 1. The Bertz CT molecular complexity index is 665. The number of phenols is 1. The average molecular weight is 286 g/mol. The van der Waals surface area contributed by atoms with Crippen molar-refractivity contribution in [3.8, 4) is 17.0 Å². The van der Waals surface area contributed by atoms with Gasteiger partial charge in [0.2, 0.25) is 5.91 Å². The van der Waals surface area contributed by atoms with Crippen molar-refractivity contribution >= 4 is 22.4 Å². The lowest BCUT2D eigenvalue weighted by atomic mass is 10.1. The maximum absolute atomic E-state index is 12.0. The van der Waals surface area contributed by atoms with Gasteiger partial charge in [0.15, 0.2) is 5.13 Å². The molecule has 5 heteroatoms. The Morgan fingerprint density at radius 1 is 1.45 bits per heavy atom. The highest BCUT2D eigenvalue weighted by atomic mass is 32.1. The van der Waals surface area contributed by atoms with E-state index in [2.05, 4.69) is 11.6 Å². The summed E-state index contributed by atoms with van der Waals surface area (Å²) in [6, 6.07) is 7.06. The van der Waals surface area contributed by atoms with Crippen LogP contribution >= 0.6 is 11.3 Å². The second-order valence-electron chi connectivity index (χ2n) is 4.74. The third-order valence-electron chi connectivity index (χ3n) is 3.39. The Balaban J connectivity index is 1.90. The number of para-hydroxylation sites is 1. The molecule has 1 aliphatic rings. The van der Waals surface area contributed by atoms with Crippen molar-refractivity contribution in [1.29, 1.82) is 0 Å². The normalized spacial score (nSPS) is 18.5. The lowest BCUT2D eigenvalue weighted by Crippen LogP contribution is -2.24. The largest absolute Gasteiger partial charge is 0.507 e. The number of nitrogens with zero attached hydrogens (tertiary/aromatic N) is 2. The van der Waals surface area contributed by atoms with E-state index in [1.807, 2.05) is 23.6 Å². The zero-order valence-corrected chi connectivity index (χ0v) is 11.6. The number of amides is 1. The van der Waals surface area contributed by atoms with Gasteiger partial charge in [0, 0.05) is 29.8 Å². The fraction of sp³-hybridized carbons (Fsp3) is 0.200. The molecule has 1 unspecified atom stereocenters. The minimum Gasteiger partial charge on any atom is -0.507 e. The number of carbonyl (C=O) groups is 1. The van der Waals surface area contributed by atoms with Gasteiger partial charge < -0.3 is 5.11 Å². The molecule has 0 radical (unpaired) electrons. The molecule has 1 N–H and O–H groups in total. The Morgan fingerprint density at radius 2 is 2.25 bits per heavy atom. The van der Waals surface area contributed by atoms with Crippen molar-refractivity contribution in [2.45, 2.75) is 6.42 Å². The first-order chi connectivity index (χ1) is 9.69. The van der Waals surface area contributed by atoms with E-state index in [-0.39, 0.29) is 17.6 Å². The number of phenolic OH excluding ortho intramolecular Hbond substituents is 1. The SMILES string of the molecule is C=CC1CC(=O)N(c2nc(-c3ccccc3O)cs2)C1. The number of hydrogen-bond donors (Lipinski definition) is 1. The molecular weight excluding hydrogens is 272 g/mol. The molecule has 1 saturated heterocycles. The predicted molar refractivity (Wildman–Crippen MR) is 79.9 cm³/mol. The molecule has 1 fully saturated rings. The fourth-order valence-electron chi connectivity index (χ4n) is 2.28. The number of hydrogen-bond acceptors (Lipinski definition) is 4. The van der Waals surface area contributed by atoms with E-state index in [1.54, 1.807) is 17.0 Å². The summed E-state index contributed by atoms with van der Waals surface area (Å²) in [5, 5.41) is 12.4. The Kier molecular flexibility index (Phi) is 3.28. The van der Waals surface area contributed by atoms with E-state index in [0.717, 1.165) is 0 Å². The zero-order chi connectivity index (χ0) is 14.1. The first kappa shape index (κ1) is 12.9. The molecule has 1 aromatic carbocycles. The third kappa shape index (κ3) is 2.20. The highest BCUT2D eigenvalue weighted by molar-refractivity contribution is 7.14. The molecule has 2 heterocycles. The Labute approximate surface area is 121 Å². The van der Waals surface area contributed by atoms with Gasteiger partial charge in [-0.25, -0.2) is 4.98 Å². The van der Waals surface area contributed by atoms with Crippen LogP contribution in [0.3, 0.4) is 0 Å². The summed E-state index contributed by atoms with van der Waals surface area (Å²) in [7, 11) is 0. The Hall–Kier alpha value is -2.14. The highest BCUT2D eigenvalue weighted by Gasteiger charge is 2.30. The smallest absolute Gasteiger partial charge is 0.229 e. The lowest BCUT2D eigenvalue weighted by molar-refractivity contribution is -0.117. The van der Waals surface area contributed by atoms with Crippen molar-refractivity contribution in [3.05, 3.63) is 42.3 Å². The second kappa shape index (κ2) is 5.09. The van der Waals surface area contributed by atoms with Gasteiger partial charge in [0.25, 0.3) is 0 Å². The minimum atomic E-state index is 0.0769. The van der Waals surface area contributed by atoms with Gasteiger partial charge in [0.05, 0.1) is 5.69 Å². The molecule has 2 aromatic rings. The summed E-state index contributed by atoms with van der Waals surface area (Å²) in [6.45, 7) is 4.38. The number of thiazole rings is 1. The van der Waals surface area contributed by atoms with E-state index < -0.39 is 0 Å². The number of carbonyl (C=O) groups excluding carboxylic acids is 1. The van der Waals surface area contributed by atoms with Crippen molar-refractivity contribution in [1.82, 2.24) is 4.98 Å². The third-order valence-corrected chi connectivity index (χ3v) is 4.25. The lowest BCUT2D eigenvalue weighted by Gasteiger charge is -2.11. The van der Waals surface area contributed by atoms with Crippen LogP contribution in [-0.2, 0) is 4.79 Å². The van der Waals surface area contributed by atoms with E-state index in [1.165, 1.54) is 11.3 Å². The molecule has 1 aromatic heterocycles. The first-order valence-corrected chi connectivity index (χ1v) is 7.24. The molecule has 0 saturated carbocycles. The summed E-state index contributed by atoms with van der Waals surface area (Å²) in [4.78, 5) is 18.1. The molecule has 0 aliphatic carbocycles. The number of anilines is 1. The monoisotopic (exact) mass is 286 g/mol. The standard InChI is InChI=1S/C15H14N2O2S/c1-2-10-7-14(19)17(8-10)15-16-12(9-20-15)11-5-3-4-6-13(11)18/h2-6,9-10,18H,1,7-8H2. The van der Waals surface area contributed by atoms with Crippen LogP contribution in [0.5, 0.6) is 5.75 Å². The Morgan fingerprint density at radius 3 is 2.95 bits per heavy atom. The minimum absolute atomic E-state index is 0.0769. The topological polar surface area (TPSA) is 53.4 Å². The summed E-state index contributed by atoms with van der Waals surface area (Å²) in [5.74, 6) is 0.467. The van der Waals surface area contributed by atoms with E-state index >= 15 is 0 Å². The van der Waals surface area contributed by atoms with Crippen LogP contribution < -0.4 is 4.90 Å². The molecule has 102 valence electrons. The van der Waals surface area contributed by atoms with Crippen molar-refractivity contribution in [3.63, 3.8) is 0 Å². The van der Waals surface area contributed by atoms with Crippen LogP contribution in [0.1, 0.15) is 6.42 Å². The van der Waals surface area contributed by atoms with Gasteiger partial charge in [0.1, 0.15) is 5.75 Å². The predicted octanol–water partition coefficient (Wildman–Crippen LogP) is 3.05. The molecule has 1 atom stereocenters. The first-order valence-electron chi connectivity index (χ1n) is 6.36. The molecule has 1 amide bonds. The molecule has 4 nitrogen and oxygen atoms in total. The molecule has 1 aliphatic heterocycles. The van der Waals surface area contributed by atoms with Crippen molar-refractivity contribution in [2.24, 2.45) is 5.92 Å². The van der Waals surface area contributed by atoms with Gasteiger partial charge >= 0.3 is 0 Å². The maximum Gasteiger partial charge on any atom is 0.229 e. The molecular formula is C15H14N2O2S. The average Bonchev–Trinajstić information content (AvgIpc) is 3.05. The summed E-state index contributed by atoms with van der Waals surface area (Å²) >= 11 is 1.42. The van der Waals surface area contributed by atoms with Crippen LogP contribution in [0.2, 0.25) is 0 Å². The fourth-order valence-corrected chi connectivity index (χ4v) is 3.13. The van der Waals surface area contributed by atoms with E-state index in [0.29, 0.717) is 29.4 Å². The van der Waals surface area contributed by atoms with Crippen LogP contribution in [0.25, 0.3) is 11.3 Å². The maximum atomic E-state index is 12.0. The van der Waals surface area contributed by atoms with Gasteiger partial charge in [-0.05, 0) is 12.1 Å². The molecule has 20 heavy (non-hydrogen) atoms. The number of rotatable bonds is 3. The van der Waals surface area contributed by atoms with Crippen LogP contribution in [0.15, 0.2) is 42.3 Å². The van der Waals surface area contributed by atoms with Crippen LogP contribution in [-0.4, -0.2) is 22.5 Å². The zero-order valence-electron chi connectivity index (χ0n) is 10.8. The molecule has 3 rings (SSSR count). The number of benzene rings is 1. The van der Waals surface area contributed by atoms with E-state index in [9.17, 15) is 9.90 Å². The summed E-state index contributed by atoms with van der Waals surface area (Å²) < 4.78 is 0. The molecule has 0 bridgehead atoms. The van der Waals surface area contributed by atoms with Crippen molar-refractivity contribution in [2.75, 3.05) is 11.4 Å². The van der Waals surface area contributed by atoms with Gasteiger partial charge in [-0.15, -0.1) is 17.9 Å². The summed E-state index contributed by atoms with van der Waals surface area (Å²) in [6.07, 6.45) is 2.31. The highest BCUT2D eigenvalue weighted by Crippen LogP contribution is 2.34. The van der Waals surface area contributed by atoms with Crippen LogP contribution in [0.4, 0.5) is 5.13 Å². The van der Waals surface area contributed by atoms with Gasteiger partial charge in [-0.1, -0.05) is 18.2 Å². The quantitative estimate of drug-likeness (QED) is 0.882. The van der Waals surface area contributed by atoms with Crippen LogP contribution in [0, 0.1) is 5.92 Å². The van der Waals surface area contributed by atoms with Gasteiger partial charge in [-0.3, -0.25) is 9.69 Å².